The van der Waals surface area contributed by atoms with Crippen LogP contribution in [-0.2, 0) is 0 Å². The molecular formula is C22H23N3O. The van der Waals surface area contributed by atoms with Gasteiger partial charge in [-0.15, -0.1) is 0 Å². The lowest BCUT2D eigenvalue weighted by Gasteiger charge is -2.14. The Bertz CT molecular complexity index is 1080. The zero-order valence-corrected chi connectivity index (χ0v) is 15.1. The van der Waals surface area contributed by atoms with Gasteiger partial charge in [-0.25, -0.2) is 4.98 Å². The fraction of sp³-hybridized carbons (Fsp3) is 0.273. The molecule has 2 N–H and O–H groups in total. The highest BCUT2D eigenvalue weighted by Crippen LogP contribution is 2.27. The molecule has 2 atom stereocenters. The number of nitrogens with one attached hydrogen (secondary N) is 2. The van der Waals surface area contributed by atoms with E-state index in [1.165, 1.54) is 0 Å². The first kappa shape index (κ1) is 16.6. The summed E-state index contributed by atoms with van der Waals surface area (Å²) in [5.74, 6) is 1.55. The van der Waals surface area contributed by atoms with Gasteiger partial charge in [-0.1, -0.05) is 44.2 Å². The van der Waals surface area contributed by atoms with Crippen LogP contribution in [0.25, 0.3) is 21.9 Å². The normalized spacial score (nSPS) is 13.9. The molecule has 0 fully saturated rings. The van der Waals surface area contributed by atoms with E-state index in [9.17, 15) is 4.79 Å². The smallest absolute Gasteiger partial charge is 0.251 e. The van der Waals surface area contributed by atoms with Gasteiger partial charge in [0.1, 0.15) is 5.82 Å². The zero-order chi connectivity index (χ0) is 18.1. The molecule has 0 spiro atoms. The molecule has 2 aromatic carbocycles. The predicted octanol–water partition coefficient (Wildman–Crippen LogP) is 5.09. The lowest BCUT2D eigenvalue weighted by Crippen LogP contribution is -2.15. The highest BCUT2D eigenvalue weighted by Gasteiger charge is 2.16. The molecule has 4 rings (SSSR count). The number of H-pyrrole nitrogens is 2. The van der Waals surface area contributed by atoms with Crippen LogP contribution in [0.5, 0.6) is 0 Å². The third kappa shape index (κ3) is 3.15. The second kappa shape index (κ2) is 6.79. The minimum absolute atomic E-state index is 0.0209. The third-order valence-corrected chi connectivity index (χ3v) is 5.22. The number of benzene rings is 2. The second-order valence-electron chi connectivity index (χ2n) is 7.16. The topological polar surface area (TPSA) is 61.5 Å². The highest BCUT2D eigenvalue weighted by atomic mass is 16.1. The van der Waals surface area contributed by atoms with Crippen LogP contribution in [0, 0.1) is 0 Å². The maximum Gasteiger partial charge on any atom is 0.251 e. The number of rotatable bonds is 5. The summed E-state index contributed by atoms with van der Waals surface area (Å²) >= 11 is 0. The fourth-order valence-corrected chi connectivity index (χ4v) is 3.53. The van der Waals surface area contributed by atoms with Crippen LogP contribution in [0.4, 0.5) is 0 Å². The Morgan fingerprint density at radius 3 is 2.38 bits per heavy atom. The highest BCUT2D eigenvalue weighted by molar-refractivity contribution is 5.78. The van der Waals surface area contributed by atoms with Gasteiger partial charge in [-0.05, 0) is 48.4 Å². The van der Waals surface area contributed by atoms with E-state index in [1.807, 2.05) is 48.5 Å². The standard InChI is InChI=1S/C22H23N3O/c1-14(17-13-16-7-3-4-8-18(16)25-22(17)26)11-12-15(2)21-23-19-9-5-6-10-20(19)24-21/h3-10,13-15H,11-12H2,1-2H3,(H,23,24)(H,25,26). The lowest BCUT2D eigenvalue weighted by molar-refractivity contribution is 0.557. The molecule has 0 aliphatic rings. The Morgan fingerprint density at radius 2 is 1.58 bits per heavy atom. The van der Waals surface area contributed by atoms with Gasteiger partial charge in [0.05, 0.1) is 11.0 Å². The molecule has 4 nitrogen and oxygen atoms in total. The van der Waals surface area contributed by atoms with E-state index >= 15 is 0 Å². The van der Waals surface area contributed by atoms with Crippen LogP contribution in [0.2, 0.25) is 0 Å². The number of fused-ring (bicyclic) bond motifs is 2. The molecule has 0 aliphatic carbocycles. The Morgan fingerprint density at radius 1 is 0.885 bits per heavy atom. The summed E-state index contributed by atoms with van der Waals surface area (Å²) < 4.78 is 0. The predicted molar refractivity (Wildman–Crippen MR) is 107 cm³/mol. The third-order valence-electron chi connectivity index (χ3n) is 5.22. The first-order chi connectivity index (χ1) is 12.6. The molecule has 0 saturated carbocycles. The van der Waals surface area contributed by atoms with Crippen molar-refractivity contribution in [2.24, 2.45) is 0 Å². The van der Waals surface area contributed by atoms with E-state index < -0.39 is 0 Å². The number of aromatic amines is 2. The number of para-hydroxylation sites is 3. The van der Waals surface area contributed by atoms with Crippen LogP contribution >= 0.6 is 0 Å². The molecule has 2 heterocycles. The lowest BCUT2D eigenvalue weighted by atomic mass is 9.92. The summed E-state index contributed by atoms with van der Waals surface area (Å²) in [6, 6.07) is 18.1. The summed E-state index contributed by atoms with van der Waals surface area (Å²) in [6.07, 6.45) is 1.92. The molecule has 132 valence electrons. The Hall–Kier alpha value is -2.88. The molecule has 0 radical (unpaired) electrons. The molecule has 2 unspecified atom stereocenters. The van der Waals surface area contributed by atoms with Crippen molar-refractivity contribution in [2.45, 2.75) is 38.5 Å². The summed E-state index contributed by atoms with van der Waals surface area (Å²) in [7, 11) is 0. The van der Waals surface area contributed by atoms with Crippen molar-refractivity contribution in [1.82, 2.24) is 15.0 Å². The van der Waals surface area contributed by atoms with Gasteiger partial charge in [0, 0.05) is 17.0 Å². The summed E-state index contributed by atoms with van der Waals surface area (Å²) in [5.41, 5.74) is 3.86. The van der Waals surface area contributed by atoms with Crippen molar-refractivity contribution in [3.63, 3.8) is 0 Å². The van der Waals surface area contributed by atoms with Crippen LogP contribution in [0.1, 0.15) is 49.9 Å². The first-order valence-corrected chi connectivity index (χ1v) is 9.18. The molecule has 0 amide bonds. The van der Waals surface area contributed by atoms with Crippen molar-refractivity contribution < 1.29 is 0 Å². The van der Waals surface area contributed by atoms with Crippen molar-refractivity contribution >= 4 is 21.9 Å². The van der Waals surface area contributed by atoms with Gasteiger partial charge < -0.3 is 9.97 Å². The van der Waals surface area contributed by atoms with Gasteiger partial charge >= 0.3 is 0 Å². The van der Waals surface area contributed by atoms with E-state index in [4.69, 9.17) is 4.98 Å². The SMILES string of the molecule is CC(CCC(C)c1cc2ccccc2[nH]c1=O)c1nc2ccccc2[nH]1. The van der Waals surface area contributed by atoms with Crippen molar-refractivity contribution in [2.75, 3.05) is 0 Å². The van der Waals surface area contributed by atoms with E-state index in [0.717, 1.165) is 46.2 Å². The number of nitrogens with zero attached hydrogens (tertiary/aromatic N) is 1. The number of pyridine rings is 1. The van der Waals surface area contributed by atoms with Gasteiger partial charge in [0.15, 0.2) is 0 Å². The van der Waals surface area contributed by atoms with Crippen LogP contribution in [0.15, 0.2) is 59.4 Å². The van der Waals surface area contributed by atoms with Crippen molar-refractivity contribution in [3.8, 4) is 0 Å². The number of imidazole rings is 1. The largest absolute Gasteiger partial charge is 0.342 e. The summed E-state index contributed by atoms with van der Waals surface area (Å²) in [6.45, 7) is 4.32. The number of aromatic nitrogens is 3. The molecule has 26 heavy (non-hydrogen) atoms. The number of hydrogen-bond acceptors (Lipinski definition) is 2. The van der Waals surface area contributed by atoms with Gasteiger partial charge in [-0.3, -0.25) is 4.79 Å². The van der Waals surface area contributed by atoms with Gasteiger partial charge in [0.25, 0.3) is 5.56 Å². The molecule has 0 bridgehead atoms. The minimum Gasteiger partial charge on any atom is -0.342 e. The number of hydrogen-bond donors (Lipinski definition) is 2. The zero-order valence-electron chi connectivity index (χ0n) is 15.1. The van der Waals surface area contributed by atoms with E-state index in [1.54, 1.807) is 0 Å². The maximum atomic E-state index is 12.4. The van der Waals surface area contributed by atoms with Crippen molar-refractivity contribution in [1.29, 1.82) is 0 Å². The molecule has 0 saturated heterocycles. The fourth-order valence-electron chi connectivity index (χ4n) is 3.53. The summed E-state index contributed by atoms with van der Waals surface area (Å²) in [5, 5.41) is 1.08. The van der Waals surface area contributed by atoms with E-state index in [0.29, 0.717) is 5.92 Å². The van der Waals surface area contributed by atoms with E-state index in [2.05, 4.69) is 29.9 Å². The quantitative estimate of drug-likeness (QED) is 0.529. The molecule has 0 aliphatic heterocycles. The Balaban J connectivity index is 1.50. The average Bonchev–Trinajstić information content (AvgIpc) is 3.09. The monoisotopic (exact) mass is 345 g/mol. The second-order valence-corrected chi connectivity index (χ2v) is 7.16. The van der Waals surface area contributed by atoms with Crippen LogP contribution in [-0.4, -0.2) is 15.0 Å². The van der Waals surface area contributed by atoms with Gasteiger partial charge in [0.2, 0.25) is 0 Å². The van der Waals surface area contributed by atoms with Crippen LogP contribution in [0.3, 0.4) is 0 Å². The Labute approximate surface area is 152 Å². The summed E-state index contributed by atoms with van der Waals surface area (Å²) in [4.78, 5) is 23.5. The van der Waals surface area contributed by atoms with E-state index in [-0.39, 0.29) is 11.5 Å². The Kier molecular flexibility index (Phi) is 4.33. The van der Waals surface area contributed by atoms with Crippen molar-refractivity contribution in [3.05, 3.63) is 76.3 Å². The minimum atomic E-state index is 0.0209. The molecule has 4 heteroatoms. The van der Waals surface area contributed by atoms with Gasteiger partial charge in [-0.2, -0.15) is 0 Å². The molecule has 4 aromatic rings. The molecule has 2 aromatic heterocycles. The molecular weight excluding hydrogens is 322 g/mol. The maximum absolute atomic E-state index is 12.4. The average molecular weight is 345 g/mol. The first-order valence-electron chi connectivity index (χ1n) is 9.18. The van der Waals surface area contributed by atoms with Crippen LogP contribution < -0.4 is 5.56 Å².